The van der Waals surface area contributed by atoms with Gasteiger partial charge in [0, 0.05) is 15.4 Å². The monoisotopic (exact) mass is 400 g/mol. The van der Waals surface area contributed by atoms with Crippen LogP contribution in [0.4, 0.5) is 8.78 Å². The van der Waals surface area contributed by atoms with E-state index in [-0.39, 0.29) is 18.8 Å². The topological polar surface area (TPSA) is 35.5 Å². The third-order valence-electron chi connectivity index (χ3n) is 2.23. The van der Waals surface area contributed by atoms with Crippen LogP contribution in [0.2, 0.25) is 0 Å². The fourth-order valence-corrected chi connectivity index (χ4v) is 2.82. The molecule has 1 aromatic rings. The van der Waals surface area contributed by atoms with Gasteiger partial charge in [-0.15, -0.1) is 0 Å². The highest BCUT2D eigenvalue weighted by molar-refractivity contribution is 9.10. The Labute approximate surface area is 126 Å². The van der Waals surface area contributed by atoms with Crippen molar-refractivity contribution in [3.05, 3.63) is 27.7 Å². The maximum atomic E-state index is 12.4. The van der Waals surface area contributed by atoms with Gasteiger partial charge in [0.2, 0.25) is 0 Å². The van der Waals surface area contributed by atoms with Crippen LogP contribution in [0.5, 0.6) is 5.75 Å². The van der Waals surface area contributed by atoms with Crippen molar-refractivity contribution in [1.29, 1.82) is 0 Å². The van der Waals surface area contributed by atoms with E-state index in [1.165, 1.54) is 6.07 Å². The van der Waals surface area contributed by atoms with Crippen molar-refractivity contribution in [2.45, 2.75) is 25.3 Å². The van der Waals surface area contributed by atoms with Crippen molar-refractivity contribution in [3.63, 3.8) is 0 Å². The zero-order valence-electron chi connectivity index (χ0n) is 10.1. The van der Waals surface area contributed by atoms with E-state index in [1.54, 1.807) is 13.0 Å². The maximum Gasteiger partial charge on any atom is 0.387 e. The second-order valence-corrected chi connectivity index (χ2v) is 4.96. The molecule has 0 heterocycles. The summed E-state index contributed by atoms with van der Waals surface area (Å²) in [6, 6.07) is 3.06. The average Bonchev–Trinajstić information content (AvgIpc) is 2.32. The minimum absolute atomic E-state index is 0.0132. The second-order valence-electron chi connectivity index (χ2n) is 3.55. The minimum Gasteiger partial charge on any atom is -0.466 e. The number of ether oxygens (including phenoxy) is 2. The molecule has 1 aromatic carbocycles. The Balaban J connectivity index is 3.05. The first kappa shape index (κ1) is 16.4. The van der Waals surface area contributed by atoms with Gasteiger partial charge >= 0.3 is 12.6 Å². The van der Waals surface area contributed by atoms with Crippen molar-refractivity contribution >= 4 is 37.8 Å². The summed E-state index contributed by atoms with van der Waals surface area (Å²) in [6.45, 7) is -1.02. The summed E-state index contributed by atoms with van der Waals surface area (Å²) in [6.07, 6.45) is -0.114. The molecule has 0 saturated heterocycles. The van der Waals surface area contributed by atoms with Crippen molar-refractivity contribution in [1.82, 2.24) is 0 Å². The molecule has 0 saturated carbocycles. The van der Waals surface area contributed by atoms with E-state index in [2.05, 4.69) is 36.6 Å². The molecule has 0 fully saturated rings. The first-order valence-electron chi connectivity index (χ1n) is 5.45. The fraction of sp³-hybridized carbons (Fsp3) is 0.417. The number of carbonyl (C=O) groups is 1. The van der Waals surface area contributed by atoms with E-state index in [0.29, 0.717) is 15.4 Å². The number of carbonyl (C=O) groups excluding carboxylic acids is 1. The molecule has 0 bridgehead atoms. The number of rotatable bonds is 6. The lowest BCUT2D eigenvalue weighted by molar-refractivity contribution is -0.142. The zero-order chi connectivity index (χ0) is 14.4. The molecule has 0 amide bonds. The molecule has 0 aliphatic rings. The number of esters is 1. The van der Waals surface area contributed by atoms with Crippen LogP contribution in [0.1, 0.15) is 18.1 Å². The predicted octanol–water partition coefficient (Wildman–Crippen LogP) is 4.05. The highest BCUT2D eigenvalue weighted by Crippen LogP contribution is 2.30. The van der Waals surface area contributed by atoms with Gasteiger partial charge in [0.25, 0.3) is 0 Å². The summed E-state index contributed by atoms with van der Waals surface area (Å²) in [5, 5.41) is 0.479. The quantitative estimate of drug-likeness (QED) is 0.532. The molecule has 0 atom stereocenters. The van der Waals surface area contributed by atoms with E-state index < -0.39 is 12.6 Å². The first-order chi connectivity index (χ1) is 8.97. The minimum atomic E-state index is -2.94. The van der Waals surface area contributed by atoms with E-state index >= 15 is 0 Å². The molecule has 19 heavy (non-hydrogen) atoms. The summed E-state index contributed by atoms with van der Waals surface area (Å²) in [5.74, 6) is -0.499. The highest BCUT2D eigenvalue weighted by atomic mass is 79.9. The van der Waals surface area contributed by atoms with E-state index in [9.17, 15) is 13.6 Å². The molecule has 1 rings (SSSR count). The highest BCUT2D eigenvalue weighted by Gasteiger charge is 2.16. The van der Waals surface area contributed by atoms with Crippen molar-refractivity contribution < 1.29 is 23.0 Å². The zero-order valence-corrected chi connectivity index (χ0v) is 13.3. The van der Waals surface area contributed by atoms with Crippen LogP contribution in [0.3, 0.4) is 0 Å². The second kappa shape index (κ2) is 7.79. The SMILES string of the molecule is CCOC(=O)Cc1cc(Br)c(CBr)cc1OC(F)F. The number of benzene rings is 1. The summed E-state index contributed by atoms with van der Waals surface area (Å²) < 4.78 is 34.7. The van der Waals surface area contributed by atoms with E-state index in [1.807, 2.05) is 0 Å². The molecule has 0 aliphatic heterocycles. The molecular weight excluding hydrogens is 390 g/mol. The number of halogens is 4. The predicted molar refractivity (Wildman–Crippen MR) is 73.7 cm³/mol. The van der Waals surface area contributed by atoms with E-state index in [4.69, 9.17) is 4.74 Å². The molecule has 7 heteroatoms. The Morgan fingerprint density at radius 3 is 2.58 bits per heavy atom. The summed E-state index contributed by atoms with van der Waals surface area (Å²) in [5.41, 5.74) is 1.11. The fourth-order valence-electron chi connectivity index (χ4n) is 1.45. The Morgan fingerprint density at radius 2 is 2.05 bits per heavy atom. The molecule has 0 unspecified atom stereocenters. The lowest BCUT2D eigenvalue weighted by Gasteiger charge is -2.13. The average molecular weight is 402 g/mol. The molecule has 0 radical (unpaired) electrons. The molecule has 0 N–H and O–H groups in total. The smallest absolute Gasteiger partial charge is 0.387 e. The van der Waals surface area contributed by atoms with Gasteiger partial charge < -0.3 is 9.47 Å². The summed E-state index contributed by atoms with van der Waals surface area (Å²) >= 11 is 6.56. The molecular formula is C12H12Br2F2O3. The van der Waals surface area contributed by atoms with Crippen molar-refractivity contribution in [3.8, 4) is 5.75 Å². The first-order valence-corrected chi connectivity index (χ1v) is 7.37. The van der Waals surface area contributed by atoms with Gasteiger partial charge in [-0.3, -0.25) is 4.79 Å². The van der Waals surface area contributed by atoms with Crippen LogP contribution in [-0.4, -0.2) is 19.2 Å². The van der Waals surface area contributed by atoms with Crippen LogP contribution in [0.15, 0.2) is 16.6 Å². The van der Waals surface area contributed by atoms with Crippen molar-refractivity contribution in [2.75, 3.05) is 6.61 Å². The standard InChI is InChI=1S/C12H12Br2F2O3/c1-2-18-11(17)5-7-3-9(14)8(6-13)4-10(7)19-12(15)16/h3-4,12H,2,5-6H2,1H3. The lowest BCUT2D eigenvalue weighted by Crippen LogP contribution is -2.11. The third-order valence-corrected chi connectivity index (χ3v) is 3.57. The molecule has 3 nitrogen and oxygen atoms in total. The molecule has 106 valence electrons. The van der Waals surface area contributed by atoms with Crippen LogP contribution < -0.4 is 4.74 Å². The normalized spacial score (nSPS) is 10.6. The van der Waals surface area contributed by atoms with Gasteiger partial charge in [0.05, 0.1) is 13.0 Å². The van der Waals surface area contributed by atoms with Crippen LogP contribution in [0.25, 0.3) is 0 Å². The van der Waals surface area contributed by atoms with Gasteiger partial charge in [-0.25, -0.2) is 0 Å². The molecule has 0 aliphatic carbocycles. The Morgan fingerprint density at radius 1 is 1.37 bits per heavy atom. The van der Waals surface area contributed by atoms with Gasteiger partial charge in [-0.05, 0) is 24.6 Å². The number of alkyl halides is 3. The van der Waals surface area contributed by atoms with E-state index in [0.717, 1.165) is 5.56 Å². The van der Waals surface area contributed by atoms with Gasteiger partial charge in [-0.2, -0.15) is 8.78 Å². The lowest BCUT2D eigenvalue weighted by atomic mass is 10.1. The van der Waals surface area contributed by atoms with Crippen LogP contribution >= 0.6 is 31.9 Å². The van der Waals surface area contributed by atoms with Gasteiger partial charge in [0.1, 0.15) is 5.75 Å². The Bertz CT molecular complexity index is 453. The summed E-state index contributed by atoms with van der Waals surface area (Å²) in [4.78, 5) is 11.4. The van der Waals surface area contributed by atoms with Gasteiger partial charge in [0.15, 0.2) is 0 Å². The third kappa shape index (κ3) is 5.06. The maximum absolute atomic E-state index is 12.4. The Kier molecular flexibility index (Phi) is 6.71. The Hall–Kier alpha value is -0.690. The van der Waals surface area contributed by atoms with Crippen molar-refractivity contribution in [2.24, 2.45) is 0 Å². The molecule has 0 spiro atoms. The number of hydrogen-bond acceptors (Lipinski definition) is 3. The van der Waals surface area contributed by atoms with Crippen LogP contribution in [-0.2, 0) is 21.3 Å². The number of hydrogen-bond donors (Lipinski definition) is 0. The molecule has 0 aromatic heterocycles. The van der Waals surface area contributed by atoms with Gasteiger partial charge in [-0.1, -0.05) is 31.9 Å². The summed E-state index contributed by atoms with van der Waals surface area (Å²) in [7, 11) is 0. The largest absolute Gasteiger partial charge is 0.466 e. The van der Waals surface area contributed by atoms with Crippen LogP contribution in [0, 0.1) is 0 Å².